The quantitative estimate of drug-likeness (QED) is 0.274. The molecule has 190 valence electrons. The Morgan fingerprint density at radius 2 is 1.68 bits per heavy atom. The van der Waals surface area contributed by atoms with Crippen LogP contribution in [0.4, 0.5) is 5.95 Å². The van der Waals surface area contributed by atoms with Gasteiger partial charge in [0.05, 0.1) is 19.7 Å². The number of benzene rings is 1. The first kappa shape index (κ1) is 24.4. The van der Waals surface area contributed by atoms with E-state index in [0.29, 0.717) is 34.9 Å². The Hall–Kier alpha value is -4.26. The van der Waals surface area contributed by atoms with Crippen LogP contribution in [0.3, 0.4) is 0 Å². The Morgan fingerprint density at radius 3 is 2.38 bits per heavy atom. The van der Waals surface area contributed by atoms with Crippen molar-refractivity contribution >= 4 is 28.8 Å². The van der Waals surface area contributed by atoms with Gasteiger partial charge in [-0.3, -0.25) is 9.82 Å². The average Bonchev–Trinajstić information content (AvgIpc) is 3.55. The molecule has 0 spiro atoms. The SMILES string of the molecule is COc1ncnc(OC)c1-n1c(NSC(C)C(C)c2ncc(C)cn2)nnc1-c1n[nH]c2ccccc12. The summed E-state index contributed by atoms with van der Waals surface area (Å²) in [6.07, 6.45) is 5.03. The van der Waals surface area contributed by atoms with E-state index in [9.17, 15) is 0 Å². The molecule has 4 heterocycles. The van der Waals surface area contributed by atoms with E-state index in [4.69, 9.17) is 9.47 Å². The molecule has 0 fully saturated rings. The summed E-state index contributed by atoms with van der Waals surface area (Å²) in [5.41, 5.74) is 2.96. The van der Waals surface area contributed by atoms with E-state index in [1.807, 2.05) is 43.6 Å². The lowest BCUT2D eigenvalue weighted by atomic mass is 10.1. The van der Waals surface area contributed by atoms with E-state index < -0.39 is 0 Å². The van der Waals surface area contributed by atoms with Crippen molar-refractivity contribution in [1.82, 2.24) is 44.9 Å². The number of fused-ring (bicyclic) bond motifs is 1. The highest BCUT2D eigenvalue weighted by atomic mass is 32.2. The predicted octanol–water partition coefficient (Wildman–Crippen LogP) is 3.97. The van der Waals surface area contributed by atoms with Crippen LogP contribution in [0.5, 0.6) is 11.8 Å². The summed E-state index contributed by atoms with van der Waals surface area (Å²) in [6, 6.07) is 7.80. The highest BCUT2D eigenvalue weighted by molar-refractivity contribution is 8.01. The molecule has 5 rings (SSSR count). The van der Waals surface area contributed by atoms with Gasteiger partial charge in [0.15, 0.2) is 11.5 Å². The number of aromatic amines is 1. The van der Waals surface area contributed by atoms with Crippen LogP contribution in [0.2, 0.25) is 0 Å². The van der Waals surface area contributed by atoms with Gasteiger partial charge in [-0.25, -0.2) is 14.5 Å². The Morgan fingerprint density at radius 1 is 0.973 bits per heavy atom. The molecular formula is C24H26N10O2S. The first-order chi connectivity index (χ1) is 18.0. The minimum absolute atomic E-state index is 0.0772. The number of rotatable bonds is 9. The van der Waals surface area contributed by atoms with Crippen LogP contribution < -0.4 is 14.2 Å². The number of anilines is 1. The van der Waals surface area contributed by atoms with Gasteiger partial charge in [0, 0.05) is 28.9 Å². The fourth-order valence-electron chi connectivity index (χ4n) is 3.78. The van der Waals surface area contributed by atoms with Crippen molar-refractivity contribution in [2.75, 3.05) is 18.9 Å². The van der Waals surface area contributed by atoms with Gasteiger partial charge in [-0.1, -0.05) is 32.0 Å². The molecule has 1 aromatic carbocycles. The number of aromatic nitrogens is 9. The van der Waals surface area contributed by atoms with Crippen LogP contribution in [0.15, 0.2) is 43.0 Å². The summed E-state index contributed by atoms with van der Waals surface area (Å²) < 4.78 is 16.3. The molecule has 0 radical (unpaired) electrons. The number of hydrogen-bond acceptors (Lipinski definition) is 11. The van der Waals surface area contributed by atoms with Crippen LogP contribution in [0.1, 0.15) is 31.2 Å². The third-order valence-corrected chi connectivity index (χ3v) is 7.04. The summed E-state index contributed by atoms with van der Waals surface area (Å²) in [7, 11) is 3.07. The van der Waals surface area contributed by atoms with E-state index in [-0.39, 0.29) is 11.2 Å². The molecular weight excluding hydrogens is 492 g/mol. The van der Waals surface area contributed by atoms with Crippen molar-refractivity contribution in [1.29, 1.82) is 0 Å². The molecule has 2 unspecified atom stereocenters. The van der Waals surface area contributed by atoms with E-state index in [2.05, 4.69) is 58.9 Å². The maximum Gasteiger partial charge on any atom is 0.245 e. The number of methoxy groups -OCH3 is 2. The monoisotopic (exact) mass is 518 g/mol. The molecule has 37 heavy (non-hydrogen) atoms. The molecule has 13 heteroatoms. The smallest absolute Gasteiger partial charge is 0.245 e. The molecule has 5 aromatic rings. The minimum Gasteiger partial charge on any atom is -0.479 e. The van der Waals surface area contributed by atoms with Crippen LogP contribution in [-0.4, -0.2) is 64.4 Å². The minimum atomic E-state index is 0.0772. The van der Waals surface area contributed by atoms with Crippen molar-refractivity contribution in [3.8, 4) is 29.0 Å². The van der Waals surface area contributed by atoms with Crippen molar-refractivity contribution in [2.24, 2.45) is 0 Å². The van der Waals surface area contributed by atoms with Gasteiger partial charge in [-0.05, 0) is 30.5 Å². The fourth-order valence-corrected chi connectivity index (χ4v) is 4.53. The molecule has 0 saturated heterocycles. The van der Waals surface area contributed by atoms with Gasteiger partial charge in [0.25, 0.3) is 0 Å². The lowest BCUT2D eigenvalue weighted by Crippen LogP contribution is -2.15. The second kappa shape index (κ2) is 10.4. The normalized spacial score (nSPS) is 12.9. The molecule has 2 atom stereocenters. The number of ether oxygens (including phenoxy) is 2. The van der Waals surface area contributed by atoms with Gasteiger partial charge in [0.2, 0.25) is 17.7 Å². The molecule has 0 amide bonds. The summed E-state index contributed by atoms with van der Waals surface area (Å²) in [5.74, 6) is 2.35. The van der Waals surface area contributed by atoms with Crippen LogP contribution in [0, 0.1) is 6.92 Å². The molecule has 0 saturated carbocycles. The molecule has 2 N–H and O–H groups in total. The van der Waals surface area contributed by atoms with E-state index in [1.165, 1.54) is 32.5 Å². The van der Waals surface area contributed by atoms with Crippen LogP contribution in [0.25, 0.3) is 28.1 Å². The average molecular weight is 519 g/mol. The zero-order chi connectivity index (χ0) is 25.9. The largest absolute Gasteiger partial charge is 0.479 e. The fraction of sp³-hybridized carbons (Fsp3) is 0.292. The van der Waals surface area contributed by atoms with Gasteiger partial charge in [0.1, 0.15) is 17.8 Å². The first-order valence-corrected chi connectivity index (χ1v) is 12.4. The number of para-hydroxylation sites is 1. The van der Waals surface area contributed by atoms with Gasteiger partial charge in [-0.15, -0.1) is 10.2 Å². The molecule has 4 aromatic heterocycles. The standard InChI is InChI=1S/C24H26N10O2S/c1-13-10-25-20(26-11-13)14(2)15(3)37-33-24-32-31-21(18-16-8-6-7-9-17(16)29-30-18)34(24)19-22(35-4)27-12-28-23(19)36-5/h6-12,14-15H,1-5H3,(H,29,30)(H,32,33). The maximum atomic E-state index is 5.57. The highest BCUT2D eigenvalue weighted by Gasteiger charge is 2.27. The Bertz CT molecular complexity index is 1500. The number of H-pyrrole nitrogens is 1. The molecule has 0 aliphatic carbocycles. The van der Waals surface area contributed by atoms with E-state index in [1.54, 1.807) is 4.57 Å². The van der Waals surface area contributed by atoms with Crippen LogP contribution in [-0.2, 0) is 0 Å². The second-order valence-electron chi connectivity index (χ2n) is 8.37. The zero-order valence-electron chi connectivity index (χ0n) is 21.0. The first-order valence-electron chi connectivity index (χ1n) is 11.5. The summed E-state index contributed by atoms with van der Waals surface area (Å²) in [6.45, 7) is 6.16. The van der Waals surface area contributed by atoms with Gasteiger partial charge in [-0.2, -0.15) is 15.1 Å². The number of nitrogens with one attached hydrogen (secondary N) is 2. The molecule has 0 aliphatic heterocycles. The maximum absolute atomic E-state index is 5.57. The van der Waals surface area contributed by atoms with Crippen molar-refractivity contribution in [2.45, 2.75) is 31.9 Å². The van der Waals surface area contributed by atoms with Crippen LogP contribution >= 0.6 is 11.9 Å². The molecule has 12 nitrogen and oxygen atoms in total. The van der Waals surface area contributed by atoms with Crippen molar-refractivity contribution in [3.63, 3.8) is 0 Å². The highest BCUT2D eigenvalue weighted by Crippen LogP contribution is 2.37. The third kappa shape index (κ3) is 4.65. The van der Waals surface area contributed by atoms with Gasteiger partial charge < -0.3 is 9.47 Å². The summed E-state index contributed by atoms with van der Waals surface area (Å²) >= 11 is 1.48. The number of nitrogens with zero attached hydrogens (tertiary/aromatic N) is 8. The Kier molecular flexibility index (Phi) is 6.86. The molecule has 0 aliphatic rings. The van der Waals surface area contributed by atoms with Crippen molar-refractivity contribution in [3.05, 3.63) is 54.4 Å². The van der Waals surface area contributed by atoms with E-state index >= 15 is 0 Å². The third-order valence-electron chi connectivity index (χ3n) is 5.96. The predicted molar refractivity (Wildman–Crippen MR) is 141 cm³/mol. The Labute approximate surface area is 217 Å². The van der Waals surface area contributed by atoms with E-state index in [0.717, 1.165) is 22.3 Å². The second-order valence-corrected chi connectivity index (χ2v) is 9.56. The topological polar surface area (TPSA) is 141 Å². The summed E-state index contributed by atoms with van der Waals surface area (Å²) in [4.78, 5) is 17.5. The number of hydrogen-bond donors (Lipinski definition) is 2. The summed E-state index contributed by atoms with van der Waals surface area (Å²) in [5, 5.41) is 17.5. The van der Waals surface area contributed by atoms with Gasteiger partial charge >= 0.3 is 0 Å². The Balaban J connectivity index is 1.56. The zero-order valence-corrected chi connectivity index (χ0v) is 21.8. The molecule has 0 bridgehead atoms. The van der Waals surface area contributed by atoms with Crippen molar-refractivity contribution < 1.29 is 9.47 Å². The number of aryl methyl sites for hydroxylation is 1. The lowest BCUT2D eigenvalue weighted by molar-refractivity contribution is 0.368. The lowest BCUT2D eigenvalue weighted by Gasteiger charge is -2.19.